The first kappa shape index (κ1) is 16.2. The Morgan fingerprint density at radius 1 is 1.26 bits per heavy atom. The molecule has 1 N–H and O–H groups in total. The highest BCUT2D eigenvalue weighted by Crippen LogP contribution is 2.29. The van der Waals surface area contributed by atoms with Crippen LogP contribution in [-0.2, 0) is 18.3 Å². The van der Waals surface area contributed by atoms with Gasteiger partial charge in [-0.3, -0.25) is 9.58 Å². The van der Waals surface area contributed by atoms with Gasteiger partial charge in [0.2, 0.25) is 0 Å². The van der Waals surface area contributed by atoms with Gasteiger partial charge in [0.15, 0.2) is 0 Å². The fourth-order valence-corrected chi connectivity index (χ4v) is 3.30. The molecule has 0 amide bonds. The Morgan fingerprint density at radius 2 is 2.09 bits per heavy atom. The number of nitrogens with zero attached hydrogens (tertiary/aromatic N) is 3. The average Bonchev–Trinajstić information content (AvgIpc) is 3.00. The van der Waals surface area contributed by atoms with Crippen LogP contribution in [-0.4, -0.2) is 47.0 Å². The second-order valence-electron chi connectivity index (χ2n) is 5.97. The summed E-state index contributed by atoms with van der Waals surface area (Å²) in [6.45, 7) is 6.71. The van der Waals surface area contributed by atoms with Crippen molar-refractivity contribution < 1.29 is 4.74 Å². The zero-order valence-electron chi connectivity index (χ0n) is 14.0. The summed E-state index contributed by atoms with van der Waals surface area (Å²) in [5.74, 6) is 0. The molecule has 2 atom stereocenters. The molecule has 124 valence electrons. The van der Waals surface area contributed by atoms with E-state index >= 15 is 0 Å². The summed E-state index contributed by atoms with van der Waals surface area (Å²) in [5.41, 5.74) is 2.52. The molecule has 0 bridgehead atoms. The van der Waals surface area contributed by atoms with Crippen LogP contribution < -0.4 is 5.32 Å². The van der Waals surface area contributed by atoms with Crippen LogP contribution in [0.5, 0.6) is 0 Å². The molecule has 0 aliphatic carbocycles. The first-order valence-electron chi connectivity index (χ1n) is 8.37. The Labute approximate surface area is 138 Å². The van der Waals surface area contributed by atoms with Gasteiger partial charge in [0.1, 0.15) is 0 Å². The van der Waals surface area contributed by atoms with E-state index in [0.29, 0.717) is 6.04 Å². The number of hydrogen-bond donors (Lipinski definition) is 1. The Bertz CT molecular complexity index is 598. The van der Waals surface area contributed by atoms with Gasteiger partial charge >= 0.3 is 0 Å². The van der Waals surface area contributed by atoms with Gasteiger partial charge in [-0.1, -0.05) is 37.3 Å². The quantitative estimate of drug-likeness (QED) is 0.885. The molecule has 23 heavy (non-hydrogen) atoms. The van der Waals surface area contributed by atoms with Crippen molar-refractivity contribution in [1.82, 2.24) is 20.0 Å². The summed E-state index contributed by atoms with van der Waals surface area (Å²) < 4.78 is 8.00. The van der Waals surface area contributed by atoms with Gasteiger partial charge in [-0.15, -0.1) is 0 Å². The van der Waals surface area contributed by atoms with E-state index in [1.54, 1.807) is 0 Å². The molecule has 5 heteroatoms. The molecule has 0 radical (unpaired) electrons. The smallest absolute Gasteiger partial charge is 0.0896 e. The molecule has 0 spiro atoms. The number of morpholine rings is 1. The fraction of sp³-hybridized carbons (Fsp3) is 0.500. The summed E-state index contributed by atoms with van der Waals surface area (Å²) in [7, 11) is 1.97. The van der Waals surface area contributed by atoms with Crippen LogP contribution >= 0.6 is 0 Å². The van der Waals surface area contributed by atoms with Crippen molar-refractivity contribution in [2.24, 2.45) is 7.05 Å². The minimum absolute atomic E-state index is 0.166. The maximum Gasteiger partial charge on any atom is 0.0896 e. The predicted molar refractivity (Wildman–Crippen MR) is 91.1 cm³/mol. The number of hydrogen-bond acceptors (Lipinski definition) is 4. The van der Waals surface area contributed by atoms with Crippen molar-refractivity contribution in [2.75, 3.05) is 26.2 Å². The van der Waals surface area contributed by atoms with E-state index in [4.69, 9.17) is 4.74 Å². The Kier molecular flexibility index (Phi) is 5.43. The van der Waals surface area contributed by atoms with Gasteiger partial charge < -0.3 is 10.1 Å². The molecule has 1 aliphatic heterocycles. The number of nitrogens with one attached hydrogen (secondary N) is 1. The monoisotopic (exact) mass is 314 g/mol. The lowest BCUT2D eigenvalue weighted by Crippen LogP contribution is -2.48. The molecule has 1 fully saturated rings. The van der Waals surface area contributed by atoms with E-state index in [1.165, 1.54) is 11.3 Å². The van der Waals surface area contributed by atoms with E-state index in [0.717, 1.165) is 32.8 Å². The van der Waals surface area contributed by atoms with Gasteiger partial charge in [-0.05, 0) is 18.2 Å². The number of aryl methyl sites for hydroxylation is 1. The Morgan fingerprint density at radius 3 is 2.78 bits per heavy atom. The van der Waals surface area contributed by atoms with Crippen LogP contribution in [0.3, 0.4) is 0 Å². The van der Waals surface area contributed by atoms with E-state index in [2.05, 4.69) is 52.6 Å². The van der Waals surface area contributed by atoms with Crippen molar-refractivity contribution in [3.63, 3.8) is 0 Å². The summed E-state index contributed by atoms with van der Waals surface area (Å²) in [5, 5.41) is 7.74. The van der Waals surface area contributed by atoms with E-state index < -0.39 is 0 Å². The highest BCUT2D eigenvalue weighted by Gasteiger charge is 2.32. The van der Waals surface area contributed by atoms with Crippen molar-refractivity contribution >= 4 is 0 Å². The number of benzene rings is 1. The standard InChI is InChI=1S/C18H26N4O/c1-3-22-11-12-23-17(18(22)15-7-5-4-6-8-15)14-19-13-16-9-10-20-21(16)2/h4-10,17-19H,3,11-14H2,1-2H3/t17-,18-/m0/s1. The van der Waals surface area contributed by atoms with Gasteiger partial charge in [-0.2, -0.15) is 5.10 Å². The Hall–Kier alpha value is -1.69. The molecule has 1 aromatic heterocycles. The van der Waals surface area contributed by atoms with E-state index in [1.807, 2.05) is 24.0 Å². The summed E-state index contributed by atoms with van der Waals surface area (Å²) in [6.07, 6.45) is 2.00. The minimum Gasteiger partial charge on any atom is -0.374 e. The predicted octanol–water partition coefficient (Wildman–Crippen LogP) is 1.97. The first-order valence-corrected chi connectivity index (χ1v) is 8.37. The molecular weight excluding hydrogens is 288 g/mol. The van der Waals surface area contributed by atoms with Crippen LogP contribution in [0, 0.1) is 0 Å². The van der Waals surface area contributed by atoms with Crippen molar-refractivity contribution in [3.8, 4) is 0 Å². The lowest BCUT2D eigenvalue weighted by atomic mass is 9.98. The van der Waals surface area contributed by atoms with Crippen LogP contribution in [0.15, 0.2) is 42.6 Å². The summed E-state index contributed by atoms with van der Waals surface area (Å²) in [6, 6.07) is 13.1. The van der Waals surface area contributed by atoms with Crippen molar-refractivity contribution in [1.29, 1.82) is 0 Å². The van der Waals surface area contributed by atoms with Gasteiger partial charge in [0, 0.05) is 32.9 Å². The minimum atomic E-state index is 0.166. The SMILES string of the molecule is CCN1CCO[C@@H](CNCc2ccnn2C)[C@@H]1c1ccccc1. The largest absolute Gasteiger partial charge is 0.374 e. The molecule has 0 unspecified atom stereocenters. The lowest BCUT2D eigenvalue weighted by molar-refractivity contribution is -0.0695. The molecule has 0 saturated carbocycles. The third-order valence-electron chi connectivity index (χ3n) is 4.58. The zero-order chi connectivity index (χ0) is 16.1. The highest BCUT2D eigenvalue weighted by atomic mass is 16.5. The molecule has 2 aromatic rings. The maximum atomic E-state index is 6.10. The van der Waals surface area contributed by atoms with Crippen LogP contribution in [0.25, 0.3) is 0 Å². The number of likely N-dealkylation sites (N-methyl/N-ethyl adjacent to an activating group) is 1. The van der Waals surface area contributed by atoms with Crippen molar-refractivity contribution in [3.05, 3.63) is 53.9 Å². The van der Waals surface area contributed by atoms with E-state index in [-0.39, 0.29) is 6.10 Å². The lowest BCUT2D eigenvalue weighted by Gasteiger charge is -2.41. The van der Waals surface area contributed by atoms with Gasteiger partial charge in [0.25, 0.3) is 0 Å². The first-order chi connectivity index (χ1) is 11.3. The Balaban J connectivity index is 1.67. The topological polar surface area (TPSA) is 42.3 Å². The van der Waals surface area contributed by atoms with Crippen molar-refractivity contribution in [2.45, 2.75) is 25.6 Å². The van der Waals surface area contributed by atoms with Crippen LogP contribution in [0.1, 0.15) is 24.2 Å². The summed E-state index contributed by atoms with van der Waals surface area (Å²) in [4.78, 5) is 2.51. The molecule has 5 nitrogen and oxygen atoms in total. The molecule has 1 saturated heterocycles. The average molecular weight is 314 g/mol. The van der Waals surface area contributed by atoms with Crippen LogP contribution in [0.4, 0.5) is 0 Å². The third-order valence-corrected chi connectivity index (χ3v) is 4.58. The third kappa shape index (κ3) is 3.80. The molecular formula is C18H26N4O. The summed E-state index contributed by atoms with van der Waals surface area (Å²) >= 11 is 0. The zero-order valence-corrected chi connectivity index (χ0v) is 14.0. The molecule has 2 heterocycles. The number of ether oxygens (including phenoxy) is 1. The molecule has 1 aliphatic rings. The number of aromatic nitrogens is 2. The highest BCUT2D eigenvalue weighted by molar-refractivity contribution is 5.21. The second-order valence-corrected chi connectivity index (χ2v) is 5.97. The fourth-order valence-electron chi connectivity index (χ4n) is 3.30. The van der Waals surface area contributed by atoms with Crippen LogP contribution in [0.2, 0.25) is 0 Å². The molecule has 1 aromatic carbocycles. The number of rotatable bonds is 6. The van der Waals surface area contributed by atoms with E-state index in [9.17, 15) is 0 Å². The normalized spacial score (nSPS) is 22.3. The molecule has 3 rings (SSSR count). The van der Waals surface area contributed by atoms with Gasteiger partial charge in [0.05, 0.1) is 24.4 Å². The second kappa shape index (κ2) is 7.73. The van der Waals surface area contributed by atoms with Gasteiger partial charge in [-0.25, -0.2) is 0 Å². The maximum absolute atomic E-state index is 6.10.